The van der Waals surface area contributed by atoms with Crippen LogP contribution >= 0.6 is 24.0 Å². The third kappa shape index (κ3) is 3.95. The molecule has 0 aliphatic carbocycles. The van der Waals surface area contributed by atoms with E-state index in [9.17, 15) is 14.7 Å². The molecule has 1 fully saturated rings. The van der Waals surface area contributed by atoms with E-state index in [0.717, 1.165) is 33.7 Å². The van der Waals surface area contributed by atoms with Crippen LogP contribution in [-0.4, -0.2) is 27.1 Å². The average Bonchev–Trinajstić information content (AvgIpc) is 3.00. The van der Waals surface area contributed by atoms with Gasteiger partial charge in [0.1, 0.15) is 4.32 Å². The van der Waals surface area contributed by atoms with Gasteiger partial charge in [-0.15, -0.1) is 0 Å². The quantitative estimate of drug-likeness (QED) is 0.470. The van der Waals surface area contributed by atoms with Gasteiger partial charge in [-0.05, 0) is 34.4 Å². The summed E-state index contributed by atoms with van der Waals surface area (Å²) >= 11 is 6.47. The zero-order chi connectivity index (χ0) is 20.4. The van der Waals surface area contributed by atoms with E-state index >= 15 is 0 Å². The lowest BCUT2D eigenvalue weighted by Gasteiger charge is -2.27. The molecule has 1 aliphatic heterocycles. The van der Waals surface area contributed by atoms with Crippen LogP contribution < -0.4 is 5.11 Å². The predicted molar refractivity (Wildman–Crippen MR) is 118 cm³/mol. The first kappa shape index (κ1) is 19.4. The zero-order valence-electron chi connectivity index (χ0n) is 15.3. The highest BCUT2D eigenvalue weighted by Gasteiger charge is 2.37. The molecule has 0 bridgehead atoms. The molecule has 1 heterocycles. The van der Waals surface area contributed by atoms with Gasteiger partial charge in [0.05, 0.1) is 16.9 Å². The Labute approximate surface area is 177 Å². The zero-order valence-corrected chi connectivity index (χ0v) is 16.9. The number of thioether (sulfide) groups is 1. The van der Waals surface area contributed by atoms with Crippen LogP contribution in [0.4, 0.5) is 0 Å². The molecular formula is C23H16NO3S2-. The summed E-state index contributed by atoms with van der Waals surface area (Å²) in [6.07, 6.45) is 1.91. The van der Waals surface area contributed by atoms with Crippen molar-refractivity contribution >= 4 is 57.0 Å². The number of fused-ring (bicyclic) bond motifs is 1. The fourth-order valence-corrected chi connectivity index (χ4v) is 4.73. The van der Waals surface area contributed by atoms with Crippen LogP contribution in [0.3, 0.4) is 0 Å². The summed E-state index contributed by atoms with van der Waals surface area (Å²) in [7, 11) is 0. The highest BCUT2D eigenvalue weighted by atomic mass is 32.2. The molecule has 0 spiro atoms. The SMILES string of the molecule is O=C([O-])[C@@H](Cc1ccccc1)N1C(=O)/C(=C\c2cccc3ccccc23)SC1=S. The van der Waals surface area contributed by atoms with Gasteiger partial charge in [-0.2, -0.15) is 0 Å². The third-order valence-electron chi connectivity index (χ3n) is 4.79. The Hall–Kier alpha value is -2.96. The van der Waals surface area contributed by atoms with Crippen LogP contribution in [0.25, 0.3) is 16.8 Å². The van der Waals surface area contributed by atoms with E-state index in [0.29, 0.717) is 4.91 Å². The molecule has 4 nitrogen and oxygen atoms in total. The van der Waals surface area contributed by atoms with Crippen LogP contribution in [-0.2, 0) is 16.0 Å². The molecule has 3 aromatic rings. The fraction of sp³-hybridized carbons (Fsp3) is 0.0870. The minimum absolute atomic E-state index is 0.136. The highest BCUT2D eigenvalue weighted by molar-refractivity contribution is 8.26. The van der Waals surface area contributed by atoms with Crippen molar-refractivity contribution in [3.8, 4) is 0 Å². The van der Waals surface area contributed by atoms with Crippen molar-refractivity contribution in [1.29, 1.82) is 0 Å². The maximum Gasteiger partial charge on any atom is 0.266 e. The van der Waals surface area contributed by atoms with Crippen LogP contribution in [0.1, 0.15) is 11.1 Å². The standard InChI is InChI=1S/C23H17NO3S2/c25-21-20(14-17-11-6-10-16-9-4-5-12-18(16)17)29-23(28)24(21)19(22(26)27)13-15-7-2-1-3-8-15/h1-12,14,19H,13H2,(H,26,27)/p-1/b20-14+/t19-/m1/s1. The van der Waals surface area contributed by atoms with Crippen molar-refractivity contribution in [2.24, 2.45) is 0 Å². The molecule has 0 unspecified atom stereocenters. The molecule has 0 N–H and O–H groups in total. The summed E-state index contributed by atoms with van der Waals surface area (Å²) in [6.45, 7) is 0. The normalized spacial score (nSPS) is 16.6. The number of rotatable bonds is 5. The van der Waals surface area contributed by atoms with Crippen LogP contribution in [0, 0.1) is 0 Å². The first-order valence-electron chi connectivity index (χ1n) is 9.04. The Bertz CT molecular complexity index is 1140. The lowest BCUT2D eigenvalue weighted by atomic mass is 10.0. The van der Waals surface area contributed by atoms with Crippen molar-refractivity contribution < 1.29 is 14.7 Å². The highest BCUT2D eigenvalue weighted by Crippen LogP contribution is 2.35. The Balaban J connectivity index is 1.67. The van der Waals surface area contributed by atoms with Gasteiger partial charge in [-0.25, -0.2) is 0 Å². The summed E-state index contributed by atoms with van der Waals surface area (Å²) in [6, 6.07) is 21.7. The Morgan fingerprint density at radius 2 is 1.72 bits per heavy atom. The molecular weight excluding hydrogens is 402 g/mol. The van der Waals surface area contributed by atoms with Gasteiger partial charge in [-0.1, -0.05) is 96.8 Å². The monoisotopic (exact) mass is 418 g/mol. The number of hydrogen-bond donors (Lipinski definition) is 0. The fourth-order valence-electron chi connectivity index (χ4n) is 3.38. The molecule has 1 atom stereocenters. The lowest BCUT2D eigenvalue weighted by molar-refractivity contribution is -0.310. The second-order valence-electron chi connectivity index (χ2n) is 6.64. The first-order chi connectivity index (χ1) is 14.0. The summed E-state index contributed by atoms with van der Waals surface area (Å²) < 4.78 is 0.228. The van der Waals surface area contributed by atoms with E-state index < -0.39 is 17.9 Å². The number of carboxylic acid groups (broad SMARTS) is 1. The lowest BCUT2D eigenvalue weighted by Crippen LogP contribution is -2.51. The topological polar surface area (TPSA) is 60.4 Å². The summed E-state index contributed by atoms with van der Waals surface area (Å²) in [5.41, 5.74) is 1.69. The van der Waals surface area contributed by atoms with Crippen molar-refractivity contribution in [2.45, 2.75) is 12.5 Å². The largest absolute Gasteiger partial charge is 0.548 e. The second-order valence-corrected chi connectivity index (χ2v) is 8.32. The van der Waals surface area contributed by atoms with Gasteiger partial charge in [0.15, 0.2) is 0 Å². The number of amides is 1. The van der Waals surface area contributed by atoms with E-state index in [-0.39, 0.29) is 10.7 Å². The molecule has 0 aromatic heterocycles. The number of thiocarbonyl (C=S) groups is 1. The molecule has 144 valence electrons. The number of hydrogen-bond acceptors (Lipinski definition) is 5. The van der Waals surface area contributed by atoms with Crippen molar-refractivity contribution in [3.05, 3.63) is 88.8 Å². The number of carboxylic acids is 1. The molecule has 4 rings (SSSR count). The first-order valence-corrected chi connectivity index (χ1v) is 10.3. The maximum absolute atomic E-state index is 13.1. The van der Waals surface area contributed by atoms with Gasteiger partial charge in [0.2, 0.25) is 0 Å². The smallest absolute Gasteiger partial charge is 0.266 e. The number of aliphatic carboxylic acids is 1. The second kappa shape index (κ2) is 8.19. The average molecular weight is 419 g/mol. The minimum atomic E-state index is -1.32. The number of nitrogens with zero attached hydrogens (tertiary/aromatic N) is 1. The molecule has 0 saturated carbocycles. The van der Waals surface area contributed by atoms with E-state index in [2.05, 4.69) is 0 Å². The van der Waals surface area contributed by atoms with Crippen molar-refractivity contribution in [3.63, 3.8) is 0 Å². The van der Waals surface area contributed by atoms with Gasteiger partial charge in [-0.3, -0.25) is 9.69 Å². The van der Waals surface area contributed by atoms with Gasteiger partial charge < -0.3 is 9.90 Å². The number of carbonyl (C=O) groups excluding carboxylic acids is 2. The Kier molecular flexibility index (Phi) is 5.47. The summed E-state index contributed by atoms with van der Waals surface area (Å²) in [4.78, 5) is 26.5. The Morgan fingerprint density at radius 3 is 2.48 bits per heavy atom. The third-order valence-corrected chi connectivity index (χ3v) is 6.12. The molecule has 0 radical (unpaired) electrons. The van der Waals surface area contributed by atoms with Crippen LogP contribution in [0.2, 0.25) is 0 Å². The molecule has 1 saturated heterocycles. The van der Waals surface area contributed by atoms with Crippen molar-refractivity contribution in [1.82, 2.24) is 4.90 Å². The van der Waals surface area contributed by atoms with E-state index in [1.165, 1.54) is 4.90 Å². The van der Waals surface area contributed by atoms with E-state index in [4.69, 9.17) is 12.2 Å². The van der Waals surface area contributed by atoms with Crippen LogP contribution in [0.15, 0.2) is 77.7 Å². The van der Waals surface area contributed by atoms with Gasteiger partial charge in [0, 0.05) is 0 Å². The van der Waals surface area contributed by atoms with Gasteiger partial charge >= 0.3 is 0 Å². The molecule has 1 aliphatic rings. The Morgan fingerprint density at radius 1 is 1.03 bits per heavy atom. The van der Waals surface area contributed by atoms with E-state index in [1.54, 1.807) is 6.08 Å². The minimum Gasteiger partial charge on any atom is -0.548 e. The number of benzene rings is 3. The van der Waals surface area contributed by atoms with Gasteiger partial charge in [0.25, 0.3) is 5.91 Å². The van der Waals surface area contributed by atoms with Crippen molar-refractivity contribution in [2.75, 3.05) is 0 Å². The summed E-state index contributed by atoms with van der Waals surface area (Å²) in [5, 5.41) is 13.9. The molecule has 1 amide bonds. The molecule has 6 heteroatoms. The van der Waals surface area contributed by atoms with Crippen LogP contribution in [0.5, 0.6) is 0 Å². The predicted octanol–water partition coefficient (Wildman–Crippen LogP) is 3.40. The molecule has 29 heavy (non-hydrogen) atoms. The maximum atomic E-state index is 13.1. The van der Waals surface area contributed by atoms with E-state index in [1.807, 2.05) is 72.8 Å². The number of carbonyl (C=O) groups is 2. The molecule has 3 aromatic carbocycles. The summed E-state index contributed by atoms with van der Waals surface area (Å²) in [5.74, 6) is -1.73.